The lowest BCUT2D eigenvalue weighted by atomic mass is 10.0. The van der Waals surface area contributed by atoms with E-state index in [1.165, 1.54) is 34.9 Å². The van der Waals surface area contributed by atoms with Gasteiger partial charge in [0.25, 0.3) is 11.5 Å². The van der Waals surface area contributed by atoms with E-state index in [1.54, 1.807) is 26.0 Å². The molecular formula is C22H18F2N4O3. The van der Waals surface area contributed by atoms with Gasteiger partial charge in [0, 0.05) is 17.6 Å². The zero-order valence-corrected chi connectivity index (χ0v) is 16.8. The number of aromatic nitrogens is 3. The number of halogens is 2. The quantitative estimate of drug-likeness (QED) is 0.531. The molecule has 1 N–H and O–H groups in total. The van der Waals surface area contributed by atoms with Crippen LogP contribution in [0.4, 0.5) is 8.78 Å². The molecule has 0 spiro atoms. The van der Waals surface area contributed by atoms with E-state index in [1.807, 2.05) is 0 Å². The number of carbonyl (C=O) groups is 1. The number of hydrogen-bond donors (Lipinski definition) is 1. The van der Waals surface area contributed by atoms with Crippen molar-refractivity contribution in [3.63, 3.8) is 0 Å². The van der Waals surface area contributed by atoms with E-state index in [0.717, 1.165) is 0 Å². The van der Waals surface area contributed by atoms with Crippen molar-refractivity contribution in [1.29, 1.82) is 0 Å². The van der Waals surface area contributed by atoms with Gasteiger partial charge in [0.1, 0.15) is 23.0 Å². The van der Waals surface area contributed by atoms with Gasteiger partial charge in [-0.25, -0.2) is 13.4 Å². The van der Waals surface area contributed by atoms with Gasteiger partial charge in [0.05, 0.1) is 17.5 Å². The van der Waals surface area contributed by atoms with Gasteiger partial charge < -0.3 is 9.88 Å². The van der Waals surface area contributed by atoms with Crippen molar-refractivity contribution in [2.75, 3.05) is 0 Å². The predicted molar refractivity (Wildman–Crippen MR) is 109 cm³/mol. The van der Waals surface area contributed by atoms with Crippen LogP contribution in [0.25, 0.3) is 10.8 Å². The van der Waals surface area contributed by atoms with E-state index < -0.39 is 23.1 Å². The van der Waals surface area contributed by atoms with Crippen LogP contribution in [0.15, 0.2) is 51.9 Å². The molecule has 0 bridgehead atoms. The Kier molecular flexibility index (Phi) is 5.33. The summed E-state index contributed by atoms with van der Waals surface area (Å²) in [7, 11) is 0. The number of benzene rings is 2. The fraction of sp³-hybridized carbons (Fsp3) is 0.182. The summed E-state index contributed by atoms with van der Waals surface area (Å²) in [6.45, 7) is 3.30. The minimum absolute atomic E-state index is 0.0333. The molecule has 1 amide bonds. The standard InChI is InChI=1S/C22H18F2N4O3/c1-12-18(27-31-26-12)11-28-13(2)19(16-7-4-8-17(24)20(16)22(28)30)21(29)25-10-14-5-3-6-15(23)9-14/h3-9H,10-11H2,1-2H3,(H,25,29). The molecule has 0 unspecified atom stereocenters. The molecule has 0 saturated heterocycles. The normalized spacial score (nSPS) is 11.1. The summed E-state index contributed by atoms with van der Waals surface area (Å²) in [5, 5.41) is 10.2. The molecule has 158 valence electrons. The molecule has 9 heteroatoms. The minimum atomic E-state index is -0.731. The molecule has 4 rings (SSSR count). The average molecular weight is 424 g/mol. The Hall–Kier alpha value is -3.88. The molecule has 0 fully saturated rings. The minimum Gasteiger partial charge on any atom is -0.348 e. The molecule has 0 aliphatic rings. The van der Waals surface area contributed by atoms with Crippen LogP contribution in [-0.2, 0) is 13.1 Å². The SMILES string of the molecule is Cc1nonc1Cn1c(C)c(C(=O)NCc2cccc(F)c2)c2cccc(F)c2c1=O. The van der Waals surface area contributed by atoms with Crippen LogP contribution in [0.5, 0.6) is 0 Å². The fourth-order valence-electron chi connectivity index (χ4n) is 3.50. The topological polar surface area (TPSA) is 90.0 Å². The number of nitrogens with one attached hydrogen (secondary N) is 1. The number of rotatable bonds is 5. The Balaban J connectivity index is 1.81. The Morgan fingerprint density at radius 2 is 1.90 bits per heavy atom. The Morgan fingerprint density at radius 3 is 2.61 bits per heavy atom. The van der Waals surface area contributed by atoms with Crippen molar-refractivity contribution < 1.29 is 18.2 Å². The lowest BCUT2D eigenvalue weighted by Crippen LogP contribution is -2.31. The van der Waals surface area contributed by atoms with Gasteiger partial charge in [-0.15, -0.1) is 0 Å². The zero-order chi connectivity index (χ0) is 22.1. The first-order valence-electron chi connectivity index (χ1n) is 9.49. The van der Waals surface area contributed by atoms with E-state index in [9.17, 15) is 18.4 Å². The summed E-state index contributed by atoms with van der Waals surface area (Å²) >= 11 is 0. The van der Waals surface area contributed by atoms with Crippen LogP contribution in [0, 0.1) is 25.5 Å². The van der Waals surface area contributed by atoms with Crippen molar-refractivity contribution in [3.05, 3.63) is 92.7 Å². The molecule has 4 aromatic rings. The number of aryl methyl sites for hydroxylation is 1. The molecule has 2 aromatic carbocycles. The number of nitrogens with zero attached hydrogens (tertiary/aromatic N) is 3. The first-order valence-corrected chi connectivity index (χ1v) is 9.49. The summed E-state index contributed by atoms with van der Waals surface area (Å²) in [6, 6.07) is 9.97. The Labute approximate surface area is 175 Å². The van der Waals surface area contributed by atoms with Gasteiger partial charge >= 0.3 is 0 Å². The number of carbonyl (C=O) groups excluding carboxylic acids is 1. The number of fused-ring (bicyclic) bond motifs is 1. The highest BCUT2D eigenvalue weighted by Crippen LogP contribution is 2.23. The van der Waals surface area contributed by atoms with Crippen LogP contribution in [0.1, 0.15) is 33.0 Å². The maximum Gasteiger partial charge on any atom is 0.262 e. The molecule has 31 heavy (non-hydrogen) atoms. The molecule has 2 aromatic heterocycles. The second kappa shape index (κ2) is 8.10. The first-order chi connectivity index (χ1) is 14.9. The third kappa shape index (κ3) is 3.81. The van der Waals surface area contributed by atoms with Crippen molar-refractivity contribution in [3.8, 4) is 0 Å². The second-order valence-corrected chi connectivity index (χ2v) is 7.12. The largest absolute Gasteiger partial charge is 0.348 e. The van der Waals surface area contributed by atoms with E-state index in [-0.39, 0.29) is 29.4 Å². The lowest BCUT2D eigenvalue weighted by Gasteiger charge is -2.17. The second-order valence-electron chi connectivity index (χ2n) is 7.12. The van der Waals surface area contributed by atoms with Crippen LogP contribution in [-0.4, -0.2) is 20.8 Å². The predicted octanol–water partition coefficient (Wildman–Crippen LogP) is 3.26. The van der Waals surface area contributed by atoms with Crippen molar-refractivity contribution in [2.45, 2.75) is 26.9 Å². The molecule has 7 nitrogen and oxygen atoms in total. The summed E-state index contributed by atoms with van der Waals surface area (Å²) in [4.78, 5) is 26.2. The summed E-state index contributed by atoms with van der Waals surface area (Å²) in [5.41, 5.74) is 1.35. The maximum atomic E-state index is 14.6. The third-order valence-electron chi connectivity index (χ3n) is 5.13. The summed E-state index contributed by atoms with van der Waals surface area (Å²) < 4.78 is 34.0. The summed E-state index contributed by atoms with van der Waals surface area (Å²) in [5.74, 6) is -1.66. The van der Waals surface area contributed by atoms with Gasteiger partial charge in [-0.3, -0.25) is 9.59 Å². The third-order valence-corrected chi connectivity index (χ3v) is 5.13. The van der Waals surface area contributed by atoms with Crippen LogP contribution >= 0.6 is 0 Å². The van der Waals surface area contributed by atoms with Gasteiger partial charge in [-0.1, -0.05) is 34.6 Å². The van der Waals surface area contributed by atoms with Crippen LogP contribution in [0.2, 0.25) is 0 Å². The number of amides is 1. The van der Waals surface area contributed by atoms with Gasteiger partial charge in [0.15, 0.2) is 0 Å². The number of hydrogen-bond acceptors (Lipinski definition) is 5. The van der Waals surface area contributed by atoms with Crippen molar-refractivity contribution in [1.82, 2.24) is 20.2 Å². The first kappa shape index (κ1) is 20.4. The highest BCUT2D eigenvalue weighted by atomic mass is 19.1. The molecule has 0 saturated carbocycles. The molecule has 0 aliphatic carbocycles. The highest BCUT2D eigenvalue weighted by Gasteiger charge is 2.22. The van der Waals surface area contributed by atoms with E-state index in [2.05, 4.69) is 20.3 Å². The Morgan fingerprint density at radius 1 is 1.13 bits per heavy atom. The molecular weight excluding hydrogens is 406 g/mol. The molecule has 0 radical (unpaired) electrons. The maximum absolute atomic E-state index is 14.6. The lowest BCUT2D eigenvalue weighted by molar-refractivity contribution is 0.0951. The monoisotopic (exact) mass is 424 g/mol. The van der Waals surface area contributed by atoms with Gasteiger partial charge in [0.2, 0.25) is 0 Å². The Bertz CT molecular complexity index is 1360. The highest BCUT2D eigenvalue weighted by molar-refractivity contribution is 6.07. The summed E-state index contributed by atoms with van der Waals surface area (Å²) in [6.07, 6.45) is 0. The van der Waals surface area contributed by atoms with Crippen molar-refractivity contribution >= 4 is 16.7 Å². The molecule has 2 heterocycles. The van der Waals surface area contributed by atoms with Crippen molar-refractivity contribution in [2.24, 2.45) is 0 Å². The van der Waals surface area contributed by atoms with Crippen LogP contribution in [0.3, 0.4) is 0 Å². The number of pyridine rings is 1. The molecule has 0 aliphatic heterocycles. The van der Waals surface area contributed by atoms with E-state index >= 15 is 0 Å². The molecule has 0 atom stereocenters. The van der Waals surface area contributed by atoms with Crippen LogP contribution < -0.4 is 10.9 Å². The van der Waals surface area contributed by atoms with Gasteiger partial charge in [-0.2, -0.15) is 0 Å². The average Bonchev–Trinajstić information content (AvgIpc) is 3.14. The van der Waals surface area contributed by atoms with E-state index in [4.69, 9.17) is 0 Å². The van der Waals surface area contributed by atoms with Gasteiger partial charge in [-0.05, 0) is 37.6 Å². The zero-order valence-electron chi connectivity index (χ0n) is 16.8. The van der Waals surface area contributed by atoms with E-state index in [0.29, 0.717) is 22.6 Å². The fourth-order valence-corrected chi connectivity index (χ4v) is 3.50. The smallest absolute Gasteiger partial charge is 0.262 e.